The average molecular weight is 476 g/mol. The van der Waals surface area contributed by atoms with Gasteiger partial charge in [0.15, 0.2) is 0 Å². The molecule has 0 saturated carbocycles. The highest BCUT2D eigenvalue weighted by molar-refractivity contribution is 7.99. The van der Waals surface area contributed by atoms with E-state index < -0.39 is 10.0 Å². The number of sulfonamides is 1. The molecule has 0 aliphatic carbocycles. The van der Waals surface area contributed by atoms with Gasteiger partial charge >= 0.3 is 0 Å². The highest BCUT2D eigenvalue weighted by Gasteiger charge is 2.22. The number of thioether (sulfide) groups is 1. The van der Waals surface area contributed by atoms with Gasteiger partial charge in [0.25, 0.3) is 11.8 Å². The molecule has 0 radical (unpaired) electrons. The highest BCUT2D eigenvalue weighted by Crippen LogP contribution is 2.21. The van der Waals surface area contributed by atoms with Gasteiger partial charge in [-0.1, -0.05) is 13.8 Å². The molecular formula is C23H29N3O4S2. The van der Waals surface area contributed by atoms with E-state index in [1.54, 1.807) is 32.0 Å². The first-order chi connectivity index (χ1) is 15.3. The monoisotopic (exact) mass is 475 g/mol. The Morgan fingerprint density at radius 2 is 1.59 bits per heavy atom. The van der Waals surface area contributed by atoms with Crippen molar-refractivity contribution in [3.8, 4) is 0 Å². The van der Waals surface area contributed by atoms with Crippen molar-refractivity contribution in [1.82, 2.24) is 9.21 Å². The lowest BCUT2D eigenvalue weighted by Gasteiger charge is -2.26. The molecule has 1 heterocycles. The van der Waals surface area contributed by atoms with E-state index >= 15 is 0 Å². The Morgan fingerprint density at radius 3 is 2.16 bits per heavy atom. The summed E-state index contributed by atoms with van der Waals surface area (Å²) in [6.45, 7) is 7.69. The van der Waals surface area contributed by atoms with Gasteiger partial charge in [0, 0.05) is 54.5 Å². The van der Waals surface area contributed by atoms with E-state index in [1.807, 2.05) is 23.6 Å². The molecule has 1 aliphatic heterocycles. The van der Waals surface area contributed by atoms with Crippen LogP contribution in [0.1, 0.15) is 40.1 Å². The van der Waals surface area contributed by atoms with Gasteiger partial charge in [-0.3, -0.25) is 9.59 Å². The molecule has 172 valence electrons. The predicted octanol–water partition coefficient (Wildman–Crippen LogP) is 3.47. The molecule has 0 bridgehead atoms. The minimum Gasteiger partial charge on any atom is -0.337 e. The van der Waals surface area contributed by atoms with Crippen molar-refractivity contribution >= 4 is 39.3 Å². The molecule has 0 spiro atoms. The zero-order valence-electron chi connectivity index (χ0n) is 18.6. The van der Waals surface area contributed by atoms with Gasteiger partial charge in [-0.2, -0.15) is 16.1 Å². The van der Waals surface area contributed by atoms with Crippen LogP contribution in [0.3, 0.4) is 0 Å². The SMILES string of the molecule is CCN(CC)S(=O)(=O)c1ccc(C(=O)Nc2ccc(C(=O)N3CCSCC3)cc2C)cc1. The van der Waals surface area contributed by atoms with Crippen LogP contribution in [0.25, 0.3) is 0 Å². The van der Waals surface area contributed by atoms with Crippen LogP contribution in [0, 0.1) is 6.92 Å². The highest BCUT2D eigenvalue weighted by atomic mass is 32.2. The summed E-state index contributed by atoms with van der Waals surface area (Å²) in [4.78, 5) is 27.4. The normalized spacial score (nSPS) is 14.4. The van der Waals surface area contributed by atoms with E-state index in [0.29, 0.717) is 29.9 Å². The number of carbonyl (C=O) groups is 2. The summed E-state index contributed by atoms with van der Waals surface area (Å²) in [5, 5.41) is 2.85. The largest absolute Gasteiger partial charge is 0.337 e. The van der Waals surface area contributed by atoms with Crippen LogP contribution in [-0.4, -0.2) is 67.1 Å². The van der Waals surface area contributed by atoms with Crippen LogP contribution in [0.2, 0.25) is 0 Å². The summed E-state index contributed by atoms with van der Waals surface area (Å²) in [5.74, 6) is 1.57. The minimum atomic E-state index is -3.57. The molecule has 1 N–H and O–H groups in total. The molecule has 2 aromatic rings. The minimum absolute atomic E-state index is 0.0104. The summed E-state index contributed by atoms with van der Waals surface area (Å²) in [7, 11) is -3.57. The van der Waals surface area contributed by atoms with Crippen molar-refractivity contribution in [2.45, 2.75) is 25.7 Å². The van der Waals surface area contributed by atoms with E-state index in [9.17, 15) is 18.0 Å². The predicted molar refractivity (Wildman–Crippen MR) is 129 cm³/mol. The van der Waals surface area contributed by atoms with Crippen LogP contribution in [0.4, 0.5) is 5.69 Å². The van der Waals surface area contributed by atoms with Crippen molar-refractivity contribution in [3.05, 3.63) is 59.2 Å². The van der Waals surface area contributed by atoms with Crippen molar-refractivity contribution in [1.29, 1.82) is 0 Å². The second-order valence-electron chi connectivity index (χ2n) is 7.50. The first kappa shape index (κ1) is 24.3. The number of rotatable bonds is 7. The van der Waals surface area contributed by atoms with Crippen LogP contribution < -0.4 is 5.32 Å². The fourth-order valence-corrected chi connectivity index (χ4v) is 5.93. The van der Waals surface area contributed by atoms with Crippen LogP contribution >= 0.6 is 11.8 Å². The van der Waals surface area contributed by atoms with Crippen molar-refractivity contribution in [3.63, 3.8) is 0 Å². The standard InChI is InChI=1S/C23H29N3O4S2/c1-4-26(5-2)32(29,30)20-9-6-18(7-10-20)22(27)24-21-11-8-19(16-17(21)3)23(28)25-12-14-31-15-13-25/h6-11,16H,4-5,12-15H2,1-3H3,(H,24,27). The molecule has 1 aliphatic rings. The molecular weight excluding hydrogens is 446 g/mol. The van der Waals surface area contributed by atoms with Gasteiger partial charge in [-0.15, -0.1) is 0 Å². The molecule has 1 fully saturated rings. The lowest BCUT2D eigenvalue weighted by atomic mass is 10.1. The third-order valence-electron chi connectivity index (χ3n) is 5.48. The molecule has 0 atom stereocenters. The van der Waals surface area contributed by atoms with Gasteiger partial charge in [0.05, 0.1) is 4.90 Å². The molecule has 0 aromatic heterocycles. The molecule has 0 unspecified atom stereocenters. The lowest BCUT2D eigenvalue weighted by molar-refractivity contribution is 0.0772. The maximum atomic E-state index is 12.7. The number of anilines is 1. The van der Waals surface area contributed by atoms with Crippen molar-refractivity contribution in [2.24, 2.45) is 0 Å². The Morgan fingerprint density at radius 1 is 1.00 bits per heavy atom. The zero-order valence-corrected chi connectivity index (χ0v) is 20.3. The summed E-state index contributed by atoms with van der Waals surface area (Å²) in [6, 6.07) is 11.2. The van der Waals surface area contributed by atoms with Crippen LogP contribution in [-0.2, 0) is 10.0 Å². The van der Waals surface area contributed by atoms with E-state index in [4.69, 9.17) is 0 Å². The van der Waals surface area contributed by atoms with Gasteiger partial charge in [-0.05, 0) is 55.0 Å². The smallest absolute Gasteiger partial charge is 0.255 e. The first-order valence-corrected chi connectivity index (χ1v) is 13.3. The summed E-state index contributed by atoms with van der Waals surface area (Å²) in [5.41, 5.74) is 2.36. The summed E-state index contributed by atoms with van der Waals surface area (Å²) < 4.78 is 26.6. The second kappa shape index (κ2) is 10.5. The topological polar surface area (TPSA) is 86.8 Å². The van der Waals surface area contributed by atoms with Gasteiger partial charge in [0.1, 0.15) is 0 Å². The Balaban J connectivity index is 1.71. The van der Waals surface area contributed by atoms with Gasteiger partial charge in [-0.25, -0.2) is 8.42 Å². The molecule has 32 heavy (non-hydrogen) atoms. The molecule has 2 amide bonds. The molecule has 3 rings (SSSR count). The number of benzene rings is 2. The van der Waals surface area contributed by atoms with Gasteiger partial charge in [0.2, 0.25) is 10.0 Å². The maximum Gasteiger partial charge on any atom is 0.255 e. The van der Waals surface area contributed by atoms with Crippen LogP contribution in [0.15, 0.2) is 47.4 Å². The average Bonchev–Trinajstić information content (AvgIpc) is 2.81. The fourth-order valence-electron chi connectivity index (χ4n) is 3.57. The Kier molecular flexibility index (Phi) is 7.97. The van der Waals surface area contributed by atoms with Crippen molar-refractivity contribution in [2.75, 3.05) is 43.0 Å². The van der Waals surface area contributed by atoms with E-state index in [2.05, 4.69) is 5.32 Å². The number of hydrogen-bond donors (Lipinski definition) is 1. The Hall–Kier alpha value is -2.36. The molecule has 2 aromatic carbocycles. The Bertz CT molecular complexity index is 1070. The third kappa shape index (κ3) is 5.33. The Labute approximate surface area is 194 Å². The van der Waals surface area contributed by atoms with Gasteiger partial charge < -0.3 is 10.2 Å². The number of amides is 2. The fraction of sp³-hybridized carbons (Fsp3) is 0.391. The number of carbonyl (C=O) groups excluding carboxylic acids is 2. The number of aryl methyl sites for hydroxylation is 1. The number of hydrogen-bond acceptors (Lipinski definition) is 5. The number of nitrogens with zero attached hydrogens (tertiary/aromatic N) is 2. The third-order valence-corrected chi connectivity index (χ3v) is 8.49. The number of nitrogens with one attached hydrogen (secondary N) is 1. The quantitative estimate of drug-likeness (QED) is 0.663. The second-order valence-corrected chi connectivity index (χ2v) is 10.7. The zero-order chi connectivity index (χ0) is 23.3. The summed E-state index contributed by atoms with van der Waals surface area (Å²) >= 11 is 1.85. The van der Waals surface area contributed by atoms with E-state index in [0.717, 1.165) is 30.2 Å². The van der Waals surface area contributed by atoms with Crippen molar-refractivity contribution < 1.29 is 18.0 Å². The first-order valence-electron chi connectivity index (χ1n) is 10.7. The lowest BCUT2D eigenvalue weighted by Crippen LogP contribution is -2.37. The summed E-state index contributed by atoms with van der Waals surface area (Å²) in [6.07, 6.45) is 0. The van der Waals surface area contributed by atoms with Crippen LogP contribution in [0.5, 0.6) is 0 Å². The maximum absolute atomic E-state index is 12.7. The molecule has 7 nitrogen and oxygen atoms in total. The van der Waals surface area contributed by atoms with E-state index in [-0.39, 0.29) is 16.7 Å². The molecule has 1 saturated heterocycles. The molecule has 9 heteroatoms. The van der Waals surface area contributed by atoms with E-state index in [1.165, 1.54) is 28.6 Å².